The average molecular weight is 520 g/mol. The van der Waals surface area contributed by atoms with Gasteiger partial charge in [0.05, 0.1) is 29.6 Å². The van der Waals surface area contributed by atoms with Crippen molar-refractivity contribution in [1.29, 1.82) is 0 Å². The second-order valence-electron chi connectivity index (χ2n) is 9.25. The van der Waals surface area contributed by atoms with Gasteiger partial charge in [-0.2, -0.15) is 4.98 Å². The van der Waals surface area contributed by atoms with Gasteiger partial charge in [-0.3, -0.25) is 4.90 Å². The molecule has 1 fully saturated rings. The predicted octanol–water partition coefficient (Wildman–Crippen LogP) is 5.07. The van der Waals surface area contributed by atoms with Crippen LogP contribution in [0, 0.1) is 0 Å². The maximum Gasteiger partial charge on any atom is 0.416 e. The SMILES string of the molecule is C[C@H](Nc1nc(Cl)cc(N2C(=O)OC[C@@H]2[C@@H](C)OC(C)(C)C)n1)c1cn(-c2ccc(Cl)cc2)nn1. The smallest absolute Gasteiger partial charge is 0.416 e. The van der Waals surface area contributed by atoms with Gasteiger partial charge in [0.15, 0.2) is 0 Å². The highest BCUT2D eigenvalue weighted by Crippen LogP contribution is 2.29. The molecule has 35 heavy (non-hydrogen) atoms. The summed E-state index contributed by atoms with van der Waals surface area (Å²) in [6, 6.07) is 8.13. The molecule has 3 aromatic rings. The Balaban J connectivity index is 1.53. The third kappa shape index (κ3) is 6.01. The van der Waals surface area contributed by atoms with E-state index < -0.39 is 6.09 Å². The van der Waals surface area contributed by atoms with Gasteiger partial charge >= 0.3 is 6.09 Å². The van der Waals surface area contributed by atoms with Crippen molar-refractivity contribution in [2.24, 2.45) is 0 Å². The Morgan fingerprint density at radius 3 is 2.57 bits per heavy atom. The minimum Gasteiger partial charge on any atom is -0.447 e. The van der Waals surface area contributed by atoms with Crippen molar-refractivity contribution in [3.05, 3.63) is 52.4 Å². The molecule has 0 unspecified atom stereocenters. The first-order valence-electron chi connectivity index (χ1n) is 11.1. The zero-order valence-corrected chi connectivity index (χ0v) is 21.6. The number of benzene rings is 1. The Bertz CT molecular complexity index is 1200. The lowest BCUT2D eigenvalue weighted by molar-refractivity contribution is -0.0618. The van der Waals surface area contributed by atoms with Crippen LogP contribution in [0.5, 0.6) is 0 Å². The third-order valence-electron chi connectivity index (χ3n) is 5.31. The van der Waals surface area contributed by atoms with Crippen molar-refractivity contribution in [2.75, 3.05) is 16.8 Å². The molecule has 1 aromatic carbocycles. The third-order valence-corrected chi connectivity index (χ3v) is 5.75. The molecule has 0 bridgehead atoms. The van der Waals surface area contributed by atoms with Crippen LogP contribution in [0.2, 0.25) is 10.2 Å². The van der Waals surface area contributed by atoms with E-state index in [2.05, 4.69) is 25.6 Å². The van der Waals surface area contributed by atoms with E-state index in [-0.39, 0.29) is 41.5 Å². The molecule has 186 valence electrons. The average Bonchev–Trinajstić information content (AvgIpc) is 3.40. The normalized spacial score (nSPS) is 17.9. The number of anilines is 2. The Morgan fingerprint density at radius 1 is 1.17 bits per heavy atom. The van der Waals surface area contributed by atoms with Gasteiger partial charge in [0, 0.05) is 11.1 Å². The molecule has 12 heteroatoms. The van der Waals surface area contributed by atoms with Gasteiger partial charge in [-0.15, -0.1) is 5.10 Å². The van der Waals surface area contributed by atoms with Crippen LogP contribution in [0.1, 0.15) is 46.4 Å². The first-order chi connectivity index (χ1) is 16.5. The van der Waals surface area contributed by atoms with Gasteiger partial charge in [-0.25, -0.2) is 14.5 Å². The number of aromatic nitrogens is 5. The van der Waals surface area contributed by atoms with Crippen LogP contribution in [0.3, 0.4) is 0 Å². The largest absolute Gasteiger partial charge is 0.447 e. The lowest BCUT2D eigenvalue weighted by Gasteiger charge is -2.31. The van der Waals surface area contributed by atoms with Crippen molar-refractivity contribution in [2.45, 2.75) is 58.4 Å². The molecule has 1 amide bonds. The number of carbonyl (C=O) groups excluding carboxylic acids is 1. The van der Waals surface area contributed by atoms with E-state index in [0.717, 1.165) is 5.69 Å². The molecule has 1 aliphatic heterocycles. The summed E-state index contributed by atoms with van der Waals surface area (Å²) in [6.45, 7) is 9.86. The summed E-state index contributed by atoms with van der Waals surface area (Å²) >= 11 is 12.3. The molecular weight excluding hydrogens is 493 g/mol. The predicted molar refractivity (Wildman–Crippen MR) is 133 cm³/mol. The number of amides is 1. The van der Waals surface area contributed by atoms with Gasteiger partial charge in [-0.1, -0.05) is 28.4 Å². The summed E-state index contributed by atoms with van der Waals surface area (Å²) in [5.41, 5.74) is 1.11. The summed E-state index contributed by atoms with van der Waals surface area (Å²) in [6.07, 6.45) is 0.985. The van der Waals surface area contributed by atoms with E-state index in [9.17, 15) is 4.79 Å². The summed E-state index contributed by atoms with van der Waals surface area (Å²) < 4.78 is 13.0. The minimum atomic E-state index is -0.515. The fraction of sp³-hybridized carbons (Fsp3) is 0.435. The van der Waals surface area contributed by atoms with Gasteiger partial charge in [0.2, 0.25) is 5.95 Å². The number of hydrogen-bond donors (Lipinski definition) is 1. The van der Waals surface area contributed by atoms with Crippen LogP contribution in [0.15, 0.2) is 36.5 Å². The zero-order chi connectivity index (χ0) is 25.3. The Kier molecular flexibility index (Phi) is 7.16. The molecule has 3 heterocycles. The van der Waals surface area contributed by atoms with Gasteiger partial charge in [0.1, 0.15) is 29.3 Å². The van der Waals surface area contributed by atoms with Crippen molar-refractivity contribution in [1.82, 2.24) is 25.0 Å². The number of hydrogen-bond acceptors (Lipinski definition) is 8. The van der Waals surface area contributed by atoms with E-state index in [1.165, 1.54) is 11.0 Å². The molecule has 4 rings (SSSR count). The lowest BCUT2D eigenvalue weighted by atomic mass is 10.1. The zero-order valence-electron chi connectivity index (χ0n) is 20.1. The Labute approximate surface area is 213 Å². The van der Waals surface area contributed by atoms with Crippen molar-refractivity contribution in [3.8, 4) is 5.69 Å². The van der Waals surface area contributed by atoms with Crippen LogP contribution in [-0.4, -0.2) is 55.4 Å². The number of ether oxygens (including phenoxy) is 2. The number of halogens is 2. The van der Waals surface area contributed by atoms with Crippen molar-refractivity contribution < 1.29 is 14.3 Å². The molecule has 2 aromatic heterocycles. The molecule has 0 spiro atoms. The second-order valence-corrected chi connectivity index (χ2v) is 10.1. The number of cyclic esters (lactones) is 1. The molecule has 3 atom stereocenters. The van der Waals surface area contributed by atoms with Gasteiger partial charge in [-0.05, 0) is 58.9 Å². The Morgan fingerprint density at radius 2 is 1.89 bits per heavy atom. The first-order valence-corrected chi connectivity index (χ1v) is 11.9. The van der Waals surface area contributed by atoms with Crippen LogP contribution in [0.4, 0.5) is 16.6 Å². The highest BCUT2D eigenvalue weighted by atomic mass is 35.5. The van der Waals surface area contributed by atoms with E-state index >= 15 is 0 Å². The van der Waals surface area contributed by atoms with Crippen molar-refractivity contribution in [3.63, 3.8) is 0 Å². The fourth-order valence-corrected chi connectivity index (χ4v) is 4.04. The van der Waals surface area contributed by atoms with Gasteiger partial charge in [0.25, 0.3) is 0 Å². The summed E-state index contributed by atoms with van der Waals surface area (Å²) in [4.78, 5) is 22.8. The number of nitrogens with zero attached hydrogens (tertiary/aromatic N) is 6. The van der Waals surface area contributed by atoms with E-state index in [0.29, 0.717) is 16.5 Å². The molecule has 1 N–H and O–H groups in total. The quantitative estimate of drug-likeness (QED) is 0.431. The molecular formula is C23H27Cl2N7O3. The maximum absolute atomic E-state index is 12.6. The monoisotopic (exact) mass is 519 g/mol. The van der Waals surface area contributed by atoms with E-state index in [4.69, 9.17) is 32.7 Å². The first kappa shape index (κ1) is 25.2. The van der Waals surface area contributed by atoms with E-state index in [1.54, 1.807) is 23.0 Å². The highest BCUT2D eigenvalue weighted by molar-refractivity contribution is 6.30. The minimum absolute atomic E-state index is 0.178. The van der Waals surface area contributed by atoms with Crippen LogP contribution in [0.25, 0.3) is 5.69 Å². The van der Waals surface area contributed by atoms with E-state index in [1.807, 2.05) is 46.8 Å². The fourth-order valence-electron chi connectivity index (χ4n) is 3.74. The second kappa shape index (κ2) is 9.96. The van der Waals surface area contributed by atoms with Crippen LogP contribution in [-0.2, 0) is 9.47 Å². The highest BCUT2D eigenvalue weighted by Gasteiger charge is 2.40. The van der Waals surface area contributed by atoms with Crippen LogP contribution < -0.4 is 10.2 Å². The molecule has 0 radical (unpaired) electrons. The summed E-state index contributed by atoms with van der Waals surface area (Å²) in [5, 5.41) is 12.4. The molecule has 0 aliphatic carbocycles. The summed E-state index contributed by atoms with van der Waals surface area (Å²) in [5.74, 6) is 0.560. The number of rotatable bonds is 7. The maximum atomic E-state index is 12.6. The Hall–Kier alpha value is -2.95. The molecule has 0 saturated carbocycles. The molecule has 1 saturated heterocycles. The number of carbonyl (C=O) groups is 1. The molecule has 1 aliphatic rings. The number of nitrogens with one attached hydrogen (secondary N) is 1. The van der Waals surface area contributed by atoms with Crippen molar-refractivity contribution >= 4 is 41.1 Å². The lowest BCUT2D eigenvalue weighted by Crippen LogP contribution is -2.45. The molecule has 10 nitrogen and oxygen atoms in total. The summed E-state index contributed by atoms with van der Waals surface area (Å²) in [7, 11) is 0. The topological polar surface area (TPSA) is 107 Å². The van der Waals surface area contributed by atoms with Crippen LogP contribution >= 0.6 is 23.2 Å². The van der Waals surface area contributed by atoms with Gasteiger partial charge < -0.3 is 14.8 Å². The standard InChI is InChI=1S/C23H27Cl2N7O3/c1-13(17-11-31(30-29-17)16-8-6-15(24)7-9-16)26-21-27-19(25)10-20(28-21)32-18(12-34-22(32)33)14(2)35-23(3,4)5/h6-11,13-14,18H,12H2,1-5H3,(H,26,27,28)/t13-,14+,18+/m0/s1.